The Morgan fingerprint density at radius 1 is 0.812 bits per heavy atom. The zero-order valence-corrected chi connectivity index (χ0v) is 18.4. The van der Waals surface area contributed by atoms with E-state index in [1.165, 1.54) is 0 Å². The Hall–Kier alpha value is -3.10. The summed E-state index contributed by atoms with van der Waals surface area (Å²) in [4.78, 5) is 24.8. The molecule has 2 amide bonds. The van der Waals surface area contributed by atoms with Crippen LogP contribution in [0.25, 0.3) is 0 Å². The van der Waals surface area contributed by atoms with Gasteiger partial charge in [-0.05, 0) is 17.5 Å². The Morgan fingerprint density at radius 3 is 1.75 bits per heavy atom. The van der Waals surface area contributed by atoms with E-state index in [4.69, 9.17) is 18.9 Å². The molecule has 0 spiro atoms. The lowest BCUT2D eigenvalue weighted by Crippen LogP contribution is -2.59. The number of rotatable bonds is 8. The van der Waals surface area contributed by atoms with Gasteiger partial charge < -0.3 is 29.6 Å². The zero-order valence-electron chi connectivity index (χ0n) is 18.4. The third-order valence-electron chi connectivity index (χ3n) is 5.63. The van der Waals surface area contributed by atoms with Crippen molar-refractivity contribution in [3.63, 3.8) is 0 Å². The van der Waals surface area contributed by atoms with Crippen molar-refractivity contribution < 1.29 is 28.5 Å². The summed E-state index contributed by atoms with van der Waals surface area (Å²) in [5.74, 6) is -0.844. The second kappa shape index (κ2) is 11.5. The van der Waals surface area contributed by atoms with Gasteiger partial charge in [0.15, 0.2) is 5.79 Å². The summed E-state index contributed by atoms with van der Waals surface area (Å²) >= 11 is 0. The second-order valence-electron chi connectivity index (χ2n) is 7.69. The van der Waals surface area contributed by atoms with Crippen molar-refractivity contribution >= 4 is 12.2 Å². The fraction of sp³-hybridized carbons (Fsp3) is 0.417. The number of carbonyl (C=O) groups is 2. The maximum absolute atomic E-state index is 12.5. The van der Waals surface area contributed by atoms with Gasteiger partial charge in [-0.15, -0.1) is 0 Å². The molecule has 2 atom stereocenters. The molecular formula is C24H30N2O6. The van der Waals surface area contributed by atoms with Crippen molar-refractivity contribution in [2.24, 2.45) is 0 Å². The van der Waals surface area contributed by atoms with E-state index in [-0.39, 0.29) is 19.3 Å². The largest absolute Gasteiger partial charge is 0.445 e. The van der Waals surface area contributed by atoms with Crippen LogP contribution in [-0.2, 0) is 32.2 Å². The first kappa shape index (κ1) is 23.6. The molecule has 1 aliphatic carbocycles. The molecule has 0 aromatic heterocycles. The van der Waals surface area contributed by atoms with Crippen molar-refractivity contribution in [3.05, 3.63) is 71.8 Å². The highest BCUT2D eigenvalue weighted by Crippen LogP contribution is 2.32. The van der Waals surface area contributed by atoms with Crippen LogP contribution in [0.3, 0.4) is 0 Å². The summed E-state index contributed by atoms with van der Waals surface area (Å²) in [6.07, 6.45) is 0.313. The predicted octanol–water partition coefficient (Wildman–Crippen LogP) is 3.75. The smallest absolute Gasteiger partial charge is 0.407 e. The van der Waals surface area contributed by atoms with Crippen LogP contribution in [0.1, 0.15) is 30.4 Å². The molecule has 2 aromatic carbocycles. The first-order chi connectivity index (χ1) is 15.5. The topological polar surface area (TPSA) is 95.1 Å². The summed E-state index contributed by atoms with van der Waals surface area (Å²) in [6, 6.07) is 18.0. The van der Waals surface area contributed by atoms with E-state index < -0.39 is 24.0 Å². The normalized spacial score (nSPS) is 19.6. The number of hydrogen-bond donors (Lipinski definition) is 2. The fourth-order valence-electron chi connectivity index (χ4n) is 3.77. The summed E-state index contributed by atoms with van der Waals surface area (Å²) in [5.41, 5.74) is 1.77. The monoisotopic (exact) mass is 442 g/mol. The predicted molar refractivity (Wildman–Crippen MR) is 118 cm³/mol. The molecule has 172 valence electrons. The minimum atomic E-state index is -0.844. The Balaban J connectivity index is 1.58. The number of amides is 2. The van der Waals surface area contributed by atoms with E-state index >= 15 is 0 Å². The highest BCUT2D eigenvalue weighted by atomic mass is 16.7. The van der Waals surface area contributed by atoms with Gasteiger partial charge in [0.05, 0.1) is 12.1 Å². The first-order valence-corrected chi connectivity index (χ1v) is 10.6. The fourth-order valence-corrected chi connectivity index (χ4v) is 3.77. The van der Waals surface area contributed by atoms with Crippen LogP contribution >= 0.6 is 0 Å². The summed E-state index contributed by atoms with van der Waals surface area (Å²) in [7, 11) is 3.13. The lowest BCUT2D eigenvalue weighted by atomic mass is 9.85. The molecule has 0 radical (unpaired) electrons. The van der Waals surface area contributed by atoms with E-state index in [2.05, 4.69) is 10.6 Å². The standard InChI is InChI=1S/C24H30N2O6/c1-29-24(30-2)14-13-20(25-22(27)31-16-18-9-5-3-6-10-18)21(15-24)26-23(28)32-17-19-11-7-4-8-12-19/h3-12,20-21H,13-17H2,1-2H3,(H,25,27)(H,26,28). The van der Waals surface area contributed by atoms with Gasteiger partial charge in [-0.2, -0.15) is 0 Å². The average Bonchev–Trinajstić information content (AvgIpc) is 2.84. The minimum absolute atomic E-state index is 0.149. The molecule has 2 N–H and O–H groups in total. The van der Waals surface area contributed by atoms with Crippen molar-refractivity contribution in [2.45, 2.75) is 50.3 Å². The number of hydrogen-bond acceptors (Lipinski definition) is 6. The third-order valence-corrected chi connectivity index (χ3v) is 5.63. The van der Waals surface area contributed by atoms with Crippen LogP contribution in [0.15, 0.2) is 60.7 Å². The molecule has 0 aliphatic heterocycles. The summed E-state index contributed by atoms with van der Waals surface area (Å²) in [5, 5.41) is 5.71. The van der Waals surface area contributed by atoms with Crippen LogP contribution < -0.4 is 10.6 Å². The second-order valence-corrected chi connectivity index (χ2v) is 7.69. The molecular weight excluding hydrogens is 412 g/mol. The van der Waals surface area contributed by atoms with Crippen LogP contribution in [-0.4, -0.2) is 44.3 Å². The highest BCUT2D eigenvalue weighted by molar-refractivity contribution is 5.69. The number of methoxy groups -OCH3 is 2. The first-order valence-electron chi connectivity index (χ1n) is 10.6. The zero-order chi connectivity index (χ0) is 22.8. The molecule has 1 fully saturated rings. The van der Waals surface area contributed by atoms with Crippen LogP contribution in [0.4, 0.5) is 9.59 Å². The molecule has 1 aliphatic rings. The molecule has 8 heteroatoms. The maximum Gasteiger partial charge on any atom is 0.407 e. The number of ether oxygens (including phenoxy) is 4. The van der Waals surface area contributed by atoms with Crippen molar-refractivity contribution in [2.75, 3.05) is 14.2 Å². The van der Waals surface area contributed by atoms with Gasteiger partial charge in [-0.3, -0.25) is 0 Å². The quantitative estimate of drug-likeness (QED) is 0.605. The van der Waals surface area contributed by atoms with E-state index in [1.54, 1.807) is 14.2 Å². The van der Waals surface area contributed by atoms with Gasteiger partial charge in [-0.25, -0.2) is 9.59 Å². The van der Waals surface area contributed by atoms with E-state index in [1.807, 2.05) is 60.7 Å². The Kier molecular flexibility index (Phi) is 8.47. The van der Waals surface area contributed by atoms with Crippen molar-refractivity contribution in [1.82, 2.24) is 10.6 Å². The molecule has 0 heterocycles. The van der Waals surface area contributed by atoms with Crippen LogP contribution in [0.5, 0.6) is 0 Å². The number of carbonyl (C=O) groups excluding carboxylic acids is 2. The number of alkyl carbamates (subject to hydrolysis) is 2. The molecule has 0 saturated heterocycles. The SMILES string of the molecule is COC1(OC)CCC(NC(=O)OCc2ccccc2)C(NC(=O)OCc2ccccc2)C1. The van der Waals surface area contributed by atoms with Gasteiger partial charge in [0, 0.05) is 27.1 Å². The molecule has 2 aromatic rings. The lowest BCUT2D eigenvalue weighted by Gasteiger charge is -2.42. The number of benzene rings is 2. The molecule has 1 saturated carbocycles. The highest BCUT2D eigenvalue weighted by Gasteiger charge is 2.43. The maximum atomic E-state index is 12.5. The Bertz CT molecular complexity index is 857. The summed E-state index contributed by atoms with van der Waals surface area (Å²) < 4.78 is 21.8. The van der Waals surface area contributed by atoms with Crippen LogP contribution in [0.2, 0.25) is 0 Å². The molecule has 32 heavy (non-hydrogen) atoms. The van der Waals surface area contributed by atoms with Crippen molar-refractivity contribution in [3.8, 4) is 0 Å². The Morgan fingerprint density at radius 2 is 1.28 bits per heavy atom. The lowest BCUT2D eigenvalue weighted by molar-refractivity contribution is -0.228. The van der Waals surface area contributed by atoms with E-state index in [9.17, 15) is 9.59 Å². The number of nitrogens with one attached hydrogen (secondary N) is 2. The van der Waals surface area contributed by atoms with Crippen LogP contribution in [0, 0.1) is 0 Å². The molecule has 3 rings (SSSR count). The van der Waals surface area contributed by atoms with Gasteiger partial charge in [0.25, 0.3) is 0 Å². The van der Waals surface area contributed by atoms with E-state index in [0.717, 1.165) is 11.1 Å². The molecule has 2 unspecified atom stereocenters. The van der Waals surface area contributed by atoms with Gasteiger partial charge in [0.1, 0.15) is 13.2 Å². The summed E-state index contributed by atoms with van der Waals surface area (Å²) in [6.45, 7) is 0.312. The average molecular weight is 443 g/mol. The van der Waals surface area contributed by atoms with Gasteiger partial charge >= 0.3 is 12.2 Å². The van der Waals surface area contributed by atoms with Gasteiger partial charge in [0.2, 0.25) is 0 Å². The van der Waals surface area contributed by atoms with E-state index in [0.29, 0.717) is 19.3 Å². The van der Waals surface area contributed by atoms with Gasteiger partial charge in [-0.1, -0.05) is 60.7 Å². The minimum Gasteiger partial charge on any atom is -0.445 e. The third kappa shape index (κ3) is 6.70. The molecule has 0 bridgehead atoms. The molecule has 8 nitrogen and oxygen atoms in total. The Labute approximate surface area is 188 Å². The van der Waals surface area contributed by atoms with Crippen molar-refractivity contribution in [1.29, 1.82) is 0 Å².